The van der Waals surface area contributed by atoms with Crippen LogP contribution in [0.25, 0.3) is 16.9 Å². The van der Waals surface area contributed by atoms with Crippen LogP contribution in [0.4, 0.5) is 5.82 Å². The van der Waals surface area contributed by atoms with Crippen LogP contribution < -0.4 is 5.32 Å². The first-order valence-electron chi connectivity index (χ1n) is 8.86. The molecule has 0 saturated heterocycles. The highest BCUT2D eigenvalue weighted by molar-refractivity contribution is 6.36. The Labute approximate surface area is 177 Å². The number of halogens is 2. The van der Waals surface area contributed by atoms with E-state index in [-0.39, 0.29) is 5.91 Å². The van der Waals surface area contributed by atoms with Crippen LogP contribution in [0.2, 0.25) is 10.0 Å². The molecule has 0 aliphatic heterocycles. The van der Waals surface area contributed by atoms with Crippen molar-refractivity contribution in [3.8, 4) is 16.9 Å². The zero-order valence-electron chi connectivity index (χ0n) is 15.4. The summed E-state index contributed by atoms with van der Waals surface area (Å²) in [5.74, 6) is 0.202. The molecule has 0 radical (unpaired) electrons. The number of aromatic nitrogens is 3. The maximum atomic E-state index is 12.9. The lowest BCUT2D eigenvalue weighted by molar-refractivity contribution is 0.102. The largest absolute Gasteiger partial charge is 0.306 e. The molecule has 0 saturated carbocycles. The third-order valence-electron chi connectivity index (χ3n) is 4.47. The average molecular weight is 423 g/mol. The Kier molecular flexibility index (Phi) is 5.34. The number of hydrogen-bond acceptors (Lipinski definition) is 3. The van der Waals surface area contributed by atoms with Crippen LogP contribution in [-0.2, 0) is 0 Å². The molecule has 2 aromatic heterocycles. The molecule has 0 unspecified atom stereocenters. The van der Waals surface area contributed by atoms with Crippen molar-refractivity contribution in [2.45, 2.75) is 6.92 Å². The van der Waals surface area contributed by atoms with Crippen LogP contribution in [0.5, 0.6) is 0 Å². The molecular weight excluding hydrogens is 407 g/mol. The van der Waals surface area contributed by atoms with Gasteiger partial charge in [-0.3, -0.25) is 9.78 Å². The molecule has 0 aliphatic carbocycles. The normalized spacial score (nSPS) is 10.7. The van der Waals surface area contributed by atoms with E-state index < -0.39 is 0 Å². The second kappa shape index (κ2) is 8.07. The molecule has 29 heavy (non-hydrogen) atoms. The molecule has 1 amide bonds. The number of carbonyl (C=O) groups is 1. The second-order valence-electron chi connectivity index (χ2n) is 6.42. The number of amides is 1. The van der Waals surface area contributed by atoms with Crippen molar-refractivity contribution >= 4 is 34.9 Å². The van der Waals surface area contributed by atoms with Crippen molar-refractivity contribution in [3.05, 3.63) is 94.2 Å². The topological polar surface area (TPSA) is 59.8 Å². The zero-order chi connectivity index (χ0) is 20.4. The highest BCUT2D eigenvalue weighted by Crippen LogP contribution is 2.28. The van der Waals surface area contributed by atoms with Crippen LogP contribution in [0.3, 0.4) is 0 Å². The van der Waals surface area contributed by atoms with Gasteiger partial charge in [0.2, 0.25) is 0 Å². The van der Waals surface area contributed by atoms with Gasteiger partial charge in [-0.1, -0.05) is 41.4 Å². The number of benzene rings is 2. The molecule has 1 N–H and O–H groups in total. The lowest BCUT2D eigenvalue weighted by Crippen LogP contribution is -2.15. The number of carbonyl (C=O) groups excluding carboxylic acids is 1. The number of pyridine rings is 1. The van der Waals surface area contributed by atoms with Gasteiger partial charge in [0.15, 0.2) is 0 Å². The Morgan fingerprint density at radius 3 is 2.28 bits per heavy atom. The van der Waals surface area contributed by atoms with E-state index in [1.54, 1.807) is 36.1 Å². The summed E-state index contributed by atoms with van der Waals surface area (Å²) in [6, 6.07) is 18.3. The van der Waals surface area contributed by atoms with E-state index in [0.717, 1.165) is 16.8 Å². The summed E-state index contributed by atoms with van der Waals surface area (Å²) in [5.41, 5.74) is 3.54. The van der Waals surface area contributed by atoms with E-state index in [9.17, 15) is 4.79 Å². The summed E-state index contributed by atoms with van der Waals surface area (Å²) in [7, 11) is 0. The maximum Gasteiger partial charge on any atom is 0.256 e. The number of para-hydroxylation sites is 1. The lowest BCUT2D eigenvalue weighted by Gasteiger charge is -2.10. The van der Waals surface area contributed by atoms with Crippen LogP contribution in [0.15, 0.2) is 73.1 Å². The molecule has 0 aliphatic rings. The van der Waals surface area contributed by atoms with E-state index in [4.69, 9.17) is 23.2 Å². The second-order valence-corrected chi connectivity index (χ2v) is 7.23. The fraction of sp³-hybridized carbons (Fsp3) is 0.0455. The van der Waals surface area contributed by atoms with Gasteiger partial charge < -0.3 is 5.32 Å². The molecule has 4 aromatic rings. The van der Waals surface area contributed by atoms with Gasteiger partial charge in [-0.05, 0) is 48.9 Å². The smallest absolute Gasteiger partial charge is 0.256 e. The van der Waals surface area contributed by atoms with E-state index in [2.05, 4.69) is 15.4 Å². The van der Waals surface area contributed by atoms with Crippen LogP contribution in [-0.4, -0.2) is 20.7 Å². The summed E-state index contributed by atoms with van der Waals surface area (Å²) in [4.78, 5) is 16.9. The van der Waals surface area contributed by atoms with Gasteiger partial charge in [0, 0.05) is 39.6 Å². The lowest BCUT2D eigenvalue weighted by atomic mass is 10.1. The van der Waals surface area contributed by atoms with Gasteiger partial charge in [0.25, 0.3) is 5.91 Å². The fourth-order valence-electron chi connectivity index (χ4n) is 2.86. The Morgan fingerprint density at radius 1 is 0.966 bits per heavy atom. The number of hydrogen-bond donors (Lipinski definition) is 1. The minimum Gasteiger partial charge on any atom is -0.306 e. The van der Waals surface area contributed by atoms with E-state index in [1.165, 1.54) is 0 Å². The molecule has 2 aromatic carbocycles. The SMILES string of the molecule is Cc1c(Cl)cc(C(=O)Nc2cc(-c3ccncc3)nn2-c2ccccc2)cc1Cl. The van der Waals surface area contributed by atoms with E-state index >= 15 is 0 Å². The molecule has 144 valence electrons. The molecule has 0 spiro atoms. The third-order valence-corrected chi connectivity index (χ3v) is 5.26. The first-order valence-corrected chi connectivity index (χ1v) is 9.61. The molecule has 0 fully saturated rings. The van der Waals surface area contributed by atoms with Gasteiger partial charge in [-0.2, -0.15) is 5.10 Å². The predicted molar refractivity (Wildman–Crippen MR) is 116 cm³/mol. The average Bonchev–Trinajstić information content (AvgIpc) is 3.16. The van der Waals surface area contributed by atoms with Crippen molar-refractivity contribution in [1.82, 2.24) is 14.8 Å². The highest BCUT2D eigenvalue weighted by Gasteiger charge is 2.16. The maximum absolute atomic E-state index is 12.9. The summed E-state index contributed by atoms with van der Waals surface area (Å²) in [5, 5.41) is 8.47. The highest BCUT2D eigenvalue weighted by atomic mass is 35.5. The van der Waals surface area contributed by atoms with Crippen LogP contribution in [0.1, 0.15) is 15.9 Å². The molecule has 5 nitrogen and oxygen atoms in total. The molecule has 2 heterocycles. The number of nitrogens with one attached hydrogen (secondary N) is 1. The first kappa shape index (κ1) is 19.2. The fourth-order valence-corrected chi connectivity index (χ4v) is 3.35. The van der Waals surface area contributed by atoms with Crippen LogP contribution in [0, 0.1) is 6.92 Å². The van der Waals surface area contributed by atoms with Crippen molar-refractivity contribution < 1.29 is 4.79 Å². The van der Waals surface area contributed by atoms with Crippen molar-refractivity contribution in [3.63, 3.8) is 0 Å². The summed E-state index contributed by atoms with van der Waals surface area (Å²) < 4.78 is 1.69. The van der Waals surface area contributed by atoms with Crippen LogP contribution >= 0.6 is 23.2 Å². The summed E-state index contributed by atoms with van der Waals surface area (Å²) in [6.45, 7) is 1.80. The number of anilines is 1. The van der Waals surface area contributed by atoms with E-state index in [1.807, 2.05) is 48.5 Å². The van der Waals surface area contributed by atoms with Gasteiger partial charge in [0.05, 0.1) is 11.4 Å². The Bertz CT molecular complexity index is 1150. The minimum absolute atomic E-state index is 0.327. The predicted octanol–water partition coefficient (Wildman–Crippen LogP) is 5.80. The summed E-state index contributed by atoms with van der Waals surface area (Å²) in [6.07, 6.45) is 3.40. The Balaban J connectivity index is 1.74. The van der Waals surface area contributed by atoms with Crippen molar-refractivity contribution in [2.75, 3.05) is 5.32 Å². The Morgan fingerprint density at radius 2 is 1.62 bits per heavy atom. The zero-order valence-corrected chi connectivity index (χ0v) is 16.9. The molecular formula is C22H16Cl2N4O. The molecule has 0 atom stereocenters. The quantitative estimate of drug-likeness (QED) is 0.451. The minimum atomic E-state index is -0.327. The van der Waals surface area contributed by atoms with E-state index in [0.29, 0.717) is 27.1 Å². The third kappa shape index (κ3) is 4.01. The number of rotatable bonds is 4. The first-order chi connectivity index (χ1) is 14.0. The van der Waals surface area contributed by atoms with Gasteiger partial charge in [0.1, 0.15) is 5.82 Å². The summed E-state index contributed by atoms with van der Waals surface area (Å²) >= 11 is 12.4. The van der Waals surface area contributed by atoms with Gasteiger partial charge in [-0.15, -0.1) is 0 Å². The molecule has 7 heteroatoms. The van der Waals surface area contributed by atoms with Crippen molar-refractivity contribution in [1.29, 1.82) is 0 Å². The van der Waals surface area contributed by atoms with Gasteiger partial charge >= 0.3 is 0 Å². The van der Waals surface area contributed by atoms with Crippen molar-refractivity contribution in [2.24, 2.45) is 0 Å². The molecule has 4 rings (SSSR count). The number of nitrogens with zero attached hydrogens (tertiary/aromatic N) is 3. The Hall–Kier alpha value is -3.15. The molecule has 0 bridgehead atoms. The standard InChI is InChI=1S/C22H16Cl2N4O/c1-14-18(23)11-16(12-19(14)24)22(29)26-21-13-20(15-7-9-25-10-8-15)27-28(21)17-5-3-2-4-6-17/h2-13H,1H3,(H,26,29). The monoisotopic (exact) mass is 422 g/mol. The van der Waals surface area contributed by atoms with Gasteiger partial charge in [-0.25, -0.2) is 4.68 Å².